The second-order valence-corrected chi connectivity index (χ2v) is 7.60. The number of carbonyl (C=O) groups is 1. The lowest BCUT2D eigenvalue weighted by molar-refractivity contribution is -0.125. The van der Waals surface area contributed by atoms with Crippen LogP contribution < -0.4 is 11.1 Å². The van der Waals surface area contributed by atoms with Gasteiger partial charge >= 0.3 is 0 Å². The van der Waals surface area contributed by atoms with Gasteiger partial charge < -0.3 is 15.8 Å². The first kappa shape index (κ1) is 19.3. The minimum Gasteiger partial charge on any atom is -0.373 e. The first-order valence-electron chi connectivity index (χ1n) is 8.76. The number of amides is 1. The number of hydrogen-bond donors (Lipinski definition) is 2. The molecule has 0 saturated carbocycles. The van der Waals surface area contributed by atoms with E-state index in [9.17, 15) is 4.79 Å². The summed E-state index contributed by atoms with van der Waals surface area (Å²) in [5, 5.41) is 5.63. The predicted octanol–water partition coefficient (Wildman–Crippen LogP) is 2.46. The number of aromatic nitrogens is 1. The Morgan fingerprint density at radius 2 is 2.04 bits per heavy atom. The summed E-state index contributed by atoms with van der Waals surface area (Å²) in [6, 6.07) is 0. The molecule has 0 spiro atoms. The molecule has 1 amide bonds. The van der Waals surface area contributed by atoms with E-state index >= 15 is 0 Å². The van der Waals surface area contributed by atoms with Crippen molar-refractivity contribution in [3.63, 3.8) is 0 Å². The third-order valence-corrected chi connectivity index (χ3v) is 5.69. The summed E-state index contributed by atoms with van der Waals surface area (Å²) in [4.78, 5) is 19.5. The lowest BCUT2D eigenvalue weighted by Gasteiger charge is -2.34. The molecule has 2 heterocycles. The maximum Gasteiger partial charge on any atom is 0.233 e. The van der Waals surface area contributed by atoms with Gasteiger partial charge in [0.05, 0.1) is 23.3 Å². The highest BCUT2D eigenvalue weighted by Crippen LogP contribution is 2.28. The summed E-state index contributed by atoms with van der Waals surface area (Å²) >= 11 is 1.47. The average molecular weight is 355 g/mol. The van der Waals surface area contributed by atoms with Crippen LogP contribution in [0.15, 0.2) is 5.38 Å². The molecule has 1 saturated heterocycles. The number of morpholine rings is 1. The van der Waals surface area contributed by atoms with Crippen LogP contribution in [0, 0.1) is 5.41 Å². The summed E-state index contributed by atoms with van der Waals surface area (Å²) in [7, 11) is 0. The highest BCUT2D eigenvalue weighted by Gasteiger charge is 2.33. The van der Waals surface area contributed by atoms with Crippen LogP contribution in [-0.4, -0.2) is 47.6 Å². The van der Waals surface area contributed by atoms with E-state index in [2.05, 4.69) is 29.0 Å². The molecule has 1 aromatic heterocycles. The number of rotatable bonds is 7. The van der Waals surface area contributed by atoms with Crippen molar-refractivity contribution in [2.24, 2.45) is 11.1 Å². The Labute approximate surface area is 148 Å². The van der Waals surface area contributed by atoms with Gasteiger partial charge in [0.1, 0.15) is 0 Å². The van der Waals surface area contributed by atoms with Crippen LogP contribution in [0.3, 0.4) is 0 Å². The quantitative estimate of drug-likeness (QED) is 0.786. The predicted molar refractivity (Wildman–Crippen MR) is 98.1 cm³/mol. The van der Waals surface area contributed by atoms with Gasteiger partial charge in [-0.05, 0) is 26.7 Å². The van der Waals surface area contributed by atoms with E-state index in [0.29, 0.717) is 11.7 Å². The highest BCUT2D eigenvalue weighted by molar-refractivity contribution is 7.13. The summed E-state index contributed by atoms with van der Waals surface area (Å²) in [5.74, 6) is -0.0236. The first-order valence-corrected chi connectivity index (χ1v) is 9.64. The zero-order chi connectivity index (χ0) is 17.7. The molecule has 1 fully saturated rings. The fourth-order valence-electron chi connectivity index (χ4n) is 3.26. The smallest absolute Gasteiger partial charge is 0.233 e. The number of nitrogens with two attached hydrogens (primary N) is 1. The van der Waals surface area contributed by atoms with Gasteiger partial charge in [0.25, 0.3) is 0 Å². The van der Waals surface area contributed by atoms with Crippen molar-refractivity contribution >= 4 is 22.4 Å². The van der Waals surface area contributed by atoms with Crippen molar-refractivity contribution < 1.29 is 9.53 Å². The van der Waals surface area contributed by atoms with Crippen LogP contribution in [0.25, 0.3) is 0 Å². The SMILES string of the molecule is CCC(CC)(CN)C(=O)Nc1nc(CN2CC(C)OC(C)C2)cs1. The van der Waals surface area contributed by atoms with Crippen LogP contribution in [0.5, 0.6) is 0 Å². The molecule has 2 atom stereocenters. The van der Waals surface area contributed by atoms with E-state index in [4.69, 9.17) is 10.5 Å². The van der Waals surface area contributed by atoms with Gasteiger partial charge in [-0.15, -0.1) is 11.3 Å². The third kappa shape index (κ3) is 4.53. The van der Waals surface area contributed by atoms with Crippen LogP contribution >= 0.6 is 11.3 Å². The van der Waals surface area contributed by atoms with E-state index in [0.717, 1.165) is 38.2 Å². The Kier molecular flexibility index (Phi) is 6.74. The van der Waals surface area contributed by atoms with Gasteiger partial charge in [-0.3, -0.25) is 9.69 Å². The Hall–Kier alpha value is -1.02. The molecule has 0 aromatic carbocycles. The Bertz CT molecular complexity index is 526. The van der Waals surface area contributed by atoms with Gasteiger partial charge in [0, 0.05) is 31.6 Å². The van der Waals surface area contributed by atoms with Gasteiger partial charge in [0.15, 0.2) is 5.13 Å². The minimum atomic E-state index is -0.499. The van der Waals surface area contributed by atoms with Crippen molar-refractivity contribution in [2.75, 3.05) is 25.0 Å². The zero-order valence-corrected chi connectivity index (χ0v) is 16.0. The maximum atomic E-state index is 12.6. The topological polar surface area (TPSA) is 80.5 Å². The van der Waals surface area contributed by atoms with Crippen molar-refractivity contribution in [3.05, 3.63) is 11.1 Å². The van der Waals surface area contributed by atoms with E-state index in [1.807, 2.05) is 19.2 Å². The average Bonchev–Trinajstić information content (AvgIpc) is 2.95. The molecular weight excluding hydrogens is 324 g/mol. The largest absolute Gasteiger partial charge is 0.373 e. The van der Waals surface area contributed by atoms with Gasteiger partial charge in [-0.2, -0.15) is 0 Å². The molecule has 24 heavy (non-hydrogen) atoms. The number of nitrogens with one attached hydrogen (secondary N) is 1. The summed E-state index contributed by atoms with van der Waals surface area (Å²) < 4.78 is 5.76. The van der Waals surface area contributed by atoms with E-state index in [1.54, 1.807) is 0 Å². The zero-order valence-electron chi connectivity index (χ0n) is 15.2. The molecule has 1 aliphatic heterocycles. The monoisotopic (exact) mass is 354 g/mol. The summed E-state index contributed by atoms with van der Waals surface area (Å²) in [6.45, 7) is 11.2. The number of nitrogens with zero attached hydrogens (tertiary/aromatic N) is 2. The molecule has 7 heteroatoms. The Morgan fingerprint density at radius 1 is 1.42 bits per heavy atom. The van der Waals surface area contributed by atoms with E-state index in [1.165, 1.54) is 11.3 Å². The van der Waals surface area contributed by atoms with Crippen LogP contribution in [0.4, 0.5) is 5.13 Å². The third-order valence-electron chi connectivity index (χ3n) is 4.88. The summed E-state index contributed by atoms with van der Waals surface area (Å²) in [5.41, 5.74) is 6.33. The number of hydrogen-bond acceptors (Lipinski definition) is 6. The Balaban J connectivity index is 1.97. The van der Waals surface area contributed by atoms with Crippen molar-refractivity contribution in [1.82, 2.24) is 9.88 Å². The molecule has 1 aliphatic rings. The second kappa shape index (κ2) is 8.38. The molecular formula is C17H30N4O2S. The molecule has 136 valence electrons. The molecule has 0 radical (unpaired) electrons. The fraction of sp³-hybridized carbons (Fsp3) is 0.765. The number of carbonyl (C=O) groups excluding carboxylic acids is 1. The number of thiazole rings is 1. The van der Waals surface area contributed by atoms with Gasteiger partial charge in [-0.25, -0.2) is 4.98 Å². The molecule has 1 aromatic rings. The summed E-state index contributed by atoms with van der Waals surface area (Å²) in [6.07, 6.45) is 1.94. The first-order chi connectivity index (χ1) is 11.4. The molecule has 2 unspecified atom stereocenters. The van der Waals surface area contributed by atoms with Gasteiger partial charge in [0.2, 0.25) is 5.91 Å². The standard InChI is InChI=1S/C17H30N4O2S/c1-5-17(6-2,11-18)15(22)20-16-19-14(10-24-16)9-21-7-12(3)23-13(4)8-21/h10,12-13H,5-9,11,18H2,1-4H3,(H,19,20,22). The highest BCUT2D eigenvalue weighted by atomic mass is 32.1. The number of anilines is 1. The minimum absolute atomic E-state index is 0.0236. The van der Waals surface area contributed by atoms with Crippen LogP contribution in [-0.2, 0) is 16.1 Å². The Morgan fingerprint density at radius 3 is 2.58 bits per heavy atom. The van der Waals surface area contributed by atoms with Crippen molar-refractivity contribution in [3.8, 4) is 0 Å². The molecule has 6 nitrogen and oxygen atoms in total. The molecule has 0 bridgehead atoms. The second-order valence-electron chi connectivity index (χ2n) is 6.74. The number of ether oxygens (including phenoxy) is 1. The van der Waals surface area contributed by atoms with E-state index < -0.39 is 5.41 Å². The lowest BCUT2D eigenvalue weighted by atomic mass is 9.81. The van der Waals surface area contributed by atoms with Crippen molar-refractivity contribution in [2.45, 2.75) is 59.3 Å². The molecule has 0 aliphatic carbocycles. The van der Waals surface area contributed by atoms with Crippen LogP contribution in [0.2, 0.25) is 0 Å². The maximum absolute atomic E-state index is 12.6. The van der Waals surface area contributed by atoms with E-state index in [-0.39, 0.29) is 18.1 Å². The molecule has 3 N–H and O–H groups in total. The normalized spacial score (nSPS) is 22.5. The van der Waals surface area contributed by atoms with Gasteiger partial charge in [-0.1, -0.05) is 13.8 Å². The fourth-order valence-corrected chi connectivity index (χ4v) is 3.96. The lowest BCUT2D eigenvalue weighted by Crippen LogP contribution is -2.44. The van der Waals surface area contributed by atoms with Crippen LogP contribution in [0.1, 0.15) is 46.2 Å². The van der Waals surface area contributed by atoms with Crippen molar-refractivity contribution in [1.29, 1.82) is 0 Å². The molecule has 2 rings (SSSR count).